The summed E-state index contributed by atoms with van der Waals surface area (Å²) in [5.41, 5.74) is 4.07. The number of methoxy groups -OCH3 is 1. The summed E-state index contributed by atoms with van der Waals surface area (Å²) in [6, 6.07) is 19.7. The van der Waals surface area contributed by atoms with Gasteiger partial charge in [0.1, 0.15) is 38.5 Å². The second-order valence-corrected chi connectivity index (χ2v) is 7.93. The lowest BCUT2D eigenvalue weighted by Gasteiger charge is -2.20. The van der Waals surface area contributed by atoms with E-state index in [0.717, 1.165) is 16.6 Å². The van der Waals surface area contributed by atoms with Gasteiger partial charge in [0.15, 0.2) is 6.61 Å². The first-order valence-corrected chi connectivity index (χ1v) is 10.7. The molecule has 0 fully saturated rings. The van der Waals surface area contributed by atoms with E-state index < -0.39 is 12.8 Å². The number of nitrogens with one attached hydrogen (secondary N) is 1. The van der Waals surface area contributed by atoms with E-state index in [-0.39, 0.29) is 17.8 Å². The third-order valence-corrected chi connectivity index (χ3v) is 5.62. The van der Waals surface area contributed by atoms with Crippen LogP contribution in [0.1, 0.15) is 28.8 Å². The van der Waals surface area contributed by atoms with Gasteiger partial charge in [-0.15, -0.1) is 0 Å². The summed E-state index contributed by atoms with van der Waals surface area (Å²) in [6.07, 6.45) is -4.47. The Labute approximate surface area is 198 Å². The molecule has 0 spiro atoms. The molecule has 3 radical (unpaired) electrons. The van der Waals surface area contributed by atoms with Gasteiger partial charge in [-0.2, -0.15) is 13.2 Å². The molecule has 4 nitrogen and oxygen atoms in total. The SMILES string of the molecule is [B]c1ccc([C@H]2NC(c3ccc(OC)cc3OCC(F)(F)F)=N[C@H]2c2ccc([B]C)cc2)cc1. The number of ether oxygens (including phenoxy) is 2. The Hall–Kier alpha value is -3.35. The van der Waals surface area contributed by atoms with E-state index in [2.05, 4.69) is 5.32 Å². The Morgan fingerprint density at radius 3 is 2.29 bits per heavy atom. The molecule has 3 aromatic rings. The van der Waals surface area contributed by atoms with E-state index in [9.17, 15) is 13.2 Å². The van der Waals surface area contributed by atoms with Crippen molar-refractivity contribution in [3.63, 3.8) is 0 Å². The smallest absolute Gasteiger partial charge is 0.422 e. The van der Waals surface area contributed by atoms with Gasteiger partial charge in [0, 0.05) is 6.07 Å². The van der Waals surface area contributed by atoms with Crippen LogP contribution >= 0.6 is 0 Å². The van der Waals surface area contributed by atoms with E-state index in [1.807, 2.05) is 62.6 Å². The Kier molecular flexibility index (Phi) is 6.91. The molecular formula is C25H22B2F3N2O2. The van der Waals surface area contributed by atoms with Crippen molar-refractivity contribution < 1.29 is 22.6 Å². The van der Waals surface area contributed by atoms with Crippen LogP contribution in [0, 0.1) is 0 Å². The number of halogens is 3. The van der Waals surface area contributed by atoms with E-state index >= 15 is 0 Å². The first-order valence-electron chi connectivity index (χ1n) is 10.7. The average molecular weight is 461 g/mol. The lowest BCUT2D eigenvalue weighted by Crippen LogP contribution is -2.26. The molecule has 2 atom stereocenters. The van der Waals surface area contributed by atoms with Crippen LogP contribution in [0.3, 0.4) is 0 Å². The molecule has 34 heavy (non-hydrogen) atoms. The van der Waals surface area contributed by atoms with Gasteiger partial charge in [-0.25, -0.2) is 0 Å². The Morgan fingerprint density at radius 1 is 1.00 bits per heavy atom. The van der Waals surface area contributed by atoms with E-state index in [4.69, 9.17) is 22.3 Å². The van der Waals surface area contributed by atoms with Crippen LogP contribution in [0.15, 0.2) is 71.7 Å². The zero-order valence-corrected chi connectivity index (χ0v) is 18.8. The van der Waals surface area contributed by atoms with Crippen LogP contribution in [0.4, 0.5) is 13.2 Å². The van der Waals surface area contributed by atoms with E-state index in [1.165, 1.54) is 13.2 Å². The summed E-state index contributed by atoms with van der Waals surface area (Å²) in [5, 5.41) is 3.39. The fourth-order valence-electron chi connectivity index (χ4n) is 3.85. The maximum absolute atomic E-state index is 12.9. The highest BCUT2D eigenvalue weighted by molar-refractivity contribution is 6.51. The van der Waals surface area contributed by atoms with Gasteiger partial charge >= 0.3 is 6.18 Å². The summed E-state index contributed by atoms with van der Waals surface area (Å²) < 4.78 is 49.0. The zero-order chi connectivity index (χ0) is 24.3. The molecule has 4 rings (SSSR count). The van der Waals surface area contributed by atoms with Crippen LogP contribution in [0.2, 0.25) is 6.82 Å². The second kappa shape index (κ2) is 9.87. The summed E-state index contributed by atoms with van der Waals surface area (Å²) >= 11 is 0. The zero-order valence-electron chi connectivity index (χ0n) is 18.8. The highest BCUT2D eigenvalue weighted by Crippen LogP contribution is 2.38. The molecule has 1 N–H and O–H groups in total. The normalized spacial score (nSPS) is 17.6. The summed E-state index contributed by atoms with van der Waals surface area (Å²) in [4.78, 5) is 4.89. The minimum Gasteiger partial charge on any atom is -0.497 e. The van der Waals surface area contributed by atoms with Crippen molar-refractivity contribution in [2.75, 3.05) is 13.7 Å². The van der Waals surface area contributed by atoms with Crippen molar-refractivity contribution in [3.05, 3.63) is 83.4 Å². The number of benzene rings is 3. The second-order valence-electron chi connectivity index (χ2n) is 7.93. The van der Waals surface area contributed by atoms with Crippen LogP contribution in [0.25, 0.3) is 0 Å². The van der Waals surface area contributed by atoms with Gasteiger partial charge in [-0.3, -0.25) is 4.99 Å². The first-order chi connectivity index (χ1) is 16.3. The lowest BCUT2D eigenvalue weighted by atomic mass is 9.73. The number of hydrogen-bond acceptors (Lipinski definition) is 4. The van der Waals surface area contributed by atoms with Crippen LogP contribution in [-0.4, -0.2) is 40.9 Å². The van der Waals surface area contributed by atoms with Crippen LogP contribution < -0.4 is 25.7 Å². The number of aliphatic imine (C=N–C) groups is 1. The fourth-order valence-corrected chi connectivity index (χ4v) is 3.85. The van der Waals surface area contributed by atoms with Crippen molar-refractivity contribution in [2.45, 2.75) is 25.1 Å². The minimum atomic E-state index is -4.47. The van der Waals surface area contributed by atoms with Gasteiger partial charge in [0.25, 0.3) is 0 Å². The highest BCUT2D eigenvalue weighted by atomic mass is 19.4. The Morgan fingerprint density at radius 2 is 1.68 bits per heavy atom. The summed E-state index contributed by atoms with van der Waals surface area (Å²) in [5.74, 6) is 0.867. The number of hydrogen-bond donors (Lipinski definition) is 1. The molecule has 0 saturated carbocycles. The van der Waals surface area contributed by atoms with Gasteiger partial charge < -0.3 is 14.8 Å². The molecule has 1 aliphatic heterocycles. The van der Waals surface area contributed by atoms with Crippen molar-refractivity contribution in [3.8, 4) is 11.5 Å². The molecular weight excluding hydrogens is 439 g/mol. The van der Waals surface area contributed by atoms with Crippen LogP contribution in [-0.2, 0) is 0 Å². The molecule has 3 aromatic carbocycles. The van der Waals surface area contributed by atoms with Gasteiger partial charge in [0.2, 0.25) is 0 Å². The number of alkyl halides is 3. The molecule has 1 heterocycles. The number of nitrogens with zero attached hydrogens (tertiary/aromatic N) is 1. The first kappa shape index (κ1) is 23.8. The largest absolute Gasteiger partial charge is 0.497 e. The van der Waals surface area contributed by atoms with Crippen molar-refractivity contribution in [2.24, 2.45) is 4.99 Å². The predicted octanol–water partition coefficient (Wildman–Crippen LogP) is 3.64. The maximum atomic E-state index is 12.9. The molecule has 0 unspecified atom stereocenters. The fraction of sp³-hybridized carbons (Fsp3) is 0.240. The van der Waals surface area contributed by atoms with Gasteiger partial charge in [-0.1, -0.05) is 66.3 Å². The van der Waals surface area contributed by atoms with Gasteiger partial charge in [-0.05, 0) is 23.3 Å². The molecule has 0 amide bonds. The third-order valence-electron chi connectivity index (χ3n) is 5.62. The number of rotatable bonds is 7. The standard InChI is InChI=1S/C25H22B2F3N2O2/c1-27-18-9-5-16(6-10-18)23-22(15-3-7-17(26)8-4-15)31-24(32-23)20-12-11-19(33-2)13-21(20)34-14-25(28,29)30/h3-13,22-23H,14H2,1-2H3,(H,31,32)/t22-,23+/m1/s1. The molecule has 171 valence electrons. The average Bonchev–Trinajstić information content (AvgIpc) is 3.28. The quantitative estimate of drug-likeness (QED) is 0.547. The molecule has 1 aliphatic rings. The topological polar surface area (TPSA) is 42.8 Å². The monoisotopic (exact) mass is 461 g/mol. The summed E-state index contributed by atoms with van der Waals surface area (Å²) in [6.45, 7) is 0.548. The number of amidine groups is 1. The highest BCUT2D eigenvalue weighted by Gasteiger charge is 2.34. The van der Waals surface area contributed by atoms with Crippen molar-refractivity contribution >= 4 is 31.9 Å². The van der Waals surface area contributed by atoms with Gasteiger partial charge in [0.05, 0.1) is 18.7 Å². The van der Waals surface area contributed by atoms with Crippen LogP contribution in [0.5, 0.6) is 11.5 Å². The minimum absolute atomic E-state index is 0.0376. The molecule has 0 aromatic heterocycles. The van der Waals surface area contributed by atoms with E-state index in [0.29, 0.717) is 22.6 Å². The van der Waals surface area contributed by atoms with Crippen molar-refractivity contribution in [1.82, 2.24) is 5.32 Å². The maximum Gasteiger partial charge on any atom is 0.422 e. The molecule has 0 bridgehead atoms. The van der Waals surface area contributed by atoms with E-state index in [1.54, 1.807) is 12.1 Å². The third kappa shape index (κ3) is 5.41. The Bertz CT molecular complexity index is 1170. The lowest BCUT2D eigenvalue weighted by molar-refractivity contribution is -0.153. The molecule has 9 heteroatoms. The molecule has 0 aliphatic carbocycles. The Balaban J connectivity index is 1.74. The van der Waals surface area contributed by atoms with Crippen molar-refractivity contribution in [1.29, 1.82) is 0 Å². The molecule has 0 saturated heterocycles. The predicted molar refractivity (Wildman–Crippen MR) is 129 cm³/mol. The summed E-state index contributed by atoms with van der Waals surface area (Å²) in [7, 11) is 9.31.